The van der Waals surface area contributed by atoms with Gasteiger partial charge in [0.05, 0.1) is 12.2 Å². The standard InChI is InChI=1S/C16H19N3OS/c1-10-11(2)21-16(18-10)9-17-13-6-7-14-12(8-13)4-3-5-15(20)19-14/h6-8,17H,3-5,9H2,1-2H3,(H,19,20). The topological polar surface area (TPSA) is 54.0 Å². The van der Waals surface area contributed by atoms with Gasteiger partial charge < -0.3 is 10.6 Å². The van der Waals surface area contributed by atoms with Gasteiger partial charge in [0.15, 0.2) is 0 Å². The van der Waals surface area contributed by atoms with E-state index in [9.17, 15) is 4.79 Å². The summed E-state index contributed by atoms with van der Waals surface area (Å²) in [4.78, 5) is 17.4. The monoisotopic (exact) mass is 301 g/mol. The number of carbonyl (C=O) groups excluding carboxylic acids is 1. The van der Waals surface area contributed by atoms with Crippen molar-refractivity contribution in [2.24, 2.45) is 0 Å². The Kier molecular flexibility index (Phi) is 3.92. The van der Waals surface area contributed by atoms with Gasteiger partial charge in [-0.1, -0.05) is 0 Å². The molecule has 0 spiro atoms. The van der Waals surface area contributed by atoms with Crippen molar-refractivity contribution >= 4 is 28.6 Å². The Morgan fingerprint density at radius 3 is 2.95 bits per heavy atom. The van der Waals surface area contributed by atoms with Crippen LogP contribution >= 0.6 is 11.3 Å². The average molecular weight is 301 g/mol. The highest BCUT2D eigenvalue weighted by Crippen LogP contribution is 2.26. The van der Waals surface area contributed by atoms with Gasteiger partial charge in [0.1, 0.15) is 5.01 Å². The summed E-state index contributed by atoms with van der Waals surface area (Å²) in [6.45, 7) is 4.88. The summed E-state index contributed by atoms with van der Waals surface area (Å²) in [5.74, 6) is 0.114. The van der Waals surface area contributed by atoms with Crippen LogP contribution in [0.25, 0.3) is 0 Å². The third-order valence-corrected chi connectivity index (χ3v) is 4.82. The zero-order chi connectivity index (χ0) is 14.8. The van der Waals surface area contributed by atoms with Gasteiger partial charge in [-0.2, -0.15) is 0 Å². The zero-order valence-electron chi connectivity index (χ0n) is 12.3. The first-order valence-corrected chi connectivity index (χ1v) is 8.03. The van der Waals surface area contributed by atoms with E-state index in [-0.39, 0.29) is 5.91 Å². The minimum atomic E-state index is 0.114. The van der Waals surface area contributed by atoms with Crippen LogP contribution in [0, 0.1) is 13.8 Å². The second-order valence-corrected chi connectivity index (χ2v) is 6.66. The van der Waals surface area contributed by atoms with Crippen molar-refractivity contribution in [3.05, 3.63) is 39.3 Å². The zero-order valence-corrected chi connectivity index (χ0v) is 13.1. The van der Waals surface area contributed by atoms with Gasteiger partial charge in [0, 0.05) is 22.7 Å². The summed E-state index contributed by atoms with van der Waals surface area (Å²) in [5.41, 5.74) is 4.35. The second kappa shape index (κ2) is 5.85. The molecule has 1 amide bonds. The van der Waals surface area contributed by atoms with Crippen molar-refractivity contribution in [2.45, 2.75) is 39.7 Å². The molecule has 0 fully saturated rings. The molecule has 5 heteroatoms. The molecule has 0 radical (unpaired) electrons. The fourth-order valence-electron chi connectivity index (χ4n) is 2.48. The number of anilines is 2. The van der Waals surface area contributed by atoms with Gasteiger partial charge in [-0.05, 0) is 50.5 Å². The fraction of sp³-hybridized carbons (Fsp3) is 0.375. The molecule has 0 saturated heterocycles. The predicted octanol–water partition coefficient (Wildman–Crippen LogP) is 3.65. The van der Waals surface area contributed by atoms with Crippen LogP contribution in [0.3, 0.4) is 0 Å². The molecular weight excluding hydrogens is 282 g/mol. The highest BCUT2D eigenvalue weighted by atomic mass is 32.1. The van der Waals surface area contributed by atoms with Crippen LogP contribution < -0.4 is 10.6 Å². The number of aromatic nitrogens is 1. The van der Waals surface area contributed by atoms with E-state index in [2.05, 4.69) is 28.6 Å². The number of amides is 1. The average Bonchev–Trinajstić information content (AvgIpc) is 2.67. The van der Waals surface area contributed by atoms with Crippen LogP contribution in [0.1, 0.15) is 34.0 Å². The van der Waals surface area contributed by atoms with Crippen LogP contribution in [-0.2, 0) is 17.8 Å². The van der Waals surface area contributed by atoms with Gasteiger partial charge >= 0.3 is 0 Å². The highest BCUT2D eigenvalue weighted by Gasteiger charge is 2.13. The van der Waals surface area contributed by atoms with E-state index in [0.717, 1.165) is 41.5 Å². The summed E-state index contributed by atoms with van der Waals surface area (Å²) in [7, 11) is 0. The summed E-state index contributed by atoms with van der Waals surface area (Å²) in [6, 6.07) is 6.13. The Labute approximate surface area is 128 Å². The SMILES string of the molecule is Cc1nc(CNc2ccc3c(c2)CCCC(=O)N3)sc1C. The number of thiazole rings is 1. The van der Waals surface area contributed by atoms with E-state index in [1.54, 1.807) is 11.3 Å². The maximum absolute atomic E-state index is 11.5. The third-order valence-electron chi connectivity index (χ3n) is 3.75. The number of carbonyl (C=O) groups is 1. The van der Waals surface area contributed by atoms with Crippen molar-refractivity contribution in [3.63, 3.8) is 0 Å². The van der Waals surface area contributed by atoms with Gasteiger partial charge in [-0.3, -0.25) is 4.79 Å². The molecule has 2 heterocycles. The van der Waals surface area contributed by atoms with E-state index in [4.69, 9.17) is 0 Å². The molecule has 1 aromatic heterocycles. The number of nitrogens with one attached hydrogen (secondary N) is 2. The Morgan fingerprint density at radius 1 is 1.33 bits per heavy atom. The summed E-state index contributed by atoms with van der Waals surface area (Å²) < 4.78 is 0. The summed E-state index contributed by atoms with van der Waals surface area (Å²) in [6.07, 6.45) is 2.46. The highest BCUT2D eigenvalue weighted by molar-refractivity contribution is 7.11. The Bertz CT molecular complexity index is 659. The normalized spacial score (nSPS) is 14.3. The van der Waals surface area contributed by atoms with Crippen molar-refractivity contribution in [3.8, 4) is 0 Å². The molecule has 4 nitrogen and oxygen atoms in total. The van der Waals surface area contributed by atoms with E-state index >= 15 is 0 Å². The lowest BCUT2D eigenvalue weighted by atomic mass is 10.1. The van der Waals surface area contributed by atoms with Crippen molar-refractivity contribution < 1.29 is 4.79 Å². The van der Waals surface area contributed by atoms with E-state index in [1.165, 1.54) is 10.4 Å². The third kappa shape index (κ3) is 3.24. The molecule has 110 valence electrons. The van der Waals surface area contributed by atoms with Gasteiger partial charge in [0.25, 0.3) is 0 Å². The second-order valence-electron chi connectivity index (χ2n) is 5.38. The molecular formula is C16H19N3OS. The van der Waals surface area contributed by atoms with Crippen LogP contribution in [0.4, 0.5) is 11.4 Å². The number of benzene rings is 1. The quantitative estimate of drug-likeness (QED) is 0.910. The molecule has 2 N–H and O–H groups in total. The van der Waals surface area contributed by atoms with Crippen molar-refractivity contribution in [2.75, 3.05) is 10.6 Å². The lowest BCUT2D eigenvalue weighted by Gasteiger charge is -2.10. The summed E-state index contributed by atoms with van der Waals surface area (Å²) in [5, 5.41) is 7.48. The molecule has 0 bridgehead atoms. The van der Waals surface area contributed by atoms with Crippen LogP contribution in [0.15, 0.2) is 18.2 Å². The van der Waals surface area contributed by atoms with Crippen LogP contribution in [0.2, 0.25) is 0 Å². The number of fused-ring (bicyclic) bond motifs is 1. The first-order chi connectivity index (χ1) is 10.1. The number of hydrogen-bond acceptors (Lipinski definition) is 4. The predicted molar refractivity (Wildman–Crippen MR) is 86.9 cm³/mol. The lowest BCUT2D eigenvalue weighted by Crippen LogP contribution is -2.09. The molecule has 0 atom stereocenters. The maximum atomic E-state index is 11.5. The number of nitrogens with zero attached hydrogens (tertiary/aromatic N) is 1. The first-order valence-electron chi connectivity index (χ1n) is 7.21. The molecule has 21 heavy (non-hydrogen) atoms. The van der Waals surface area contributed by atoms with E-state index in [0.29, 0.717) is 6.42 Å². The molecule has 1 aliphatic heterocycles. The Hall–Kier alpha value is -1.88. The van der Waals surface area contributed by atoms with E-state index < -0.39 is 0 Å². The van der Waals surface area contributed by atoms with Crippen molar-refractivity contribution in [1.82, 2.24) is 4.98 Å². The Morgan fingerprint density at radius 2 is 2.19 bits per heavy atom. The number of rotatable bonds is 3. The minimum absolute atomic E-state index is 0.114. The minimum Gasteiger partial charge on any atom is -0.379 e. The first kappa shape index (κ1) is 14.1. The van der Waals surface area contributed by atoms with Crippen LogP contribution in [0.5, 0.6) is 0 Å². The molecule has 0 unspecified atom stereocenters. The van der Waals surface area contributed by atoms with Crippen molar-refractivity contribution in [1.29, 1.82) is 0 Å². The van der Waals surface area contributed by atoms with Gasteiger partial charge in [-0.15, -0.1) is 11.3 Å². The molecule has 3 rings (SSSR count). The maximum Gasteiger partial charge on any atom is 0.224 e. The molecule has 0 saturated carbocycles. The van der Waals surface area contributed by atoms with Gasteiger partial charge in [-0.25, -0.2) is 4.98 Å². The fourth-order valence-corrected chi connectivity index (χ4v) is 3.35. The molecule has 0 aliphatic carbocycles. The lowest BCUT2D eigenvalue weighted by molar-refractivity contribution is -0.116. The number of hydrogen-bond donors (Lipinski definition) is 2. The van der Waals surface area contributed by atoms with Crippen LogP contribution in [-0.4, -0.2) is 10.9 Å². The largest absolute Gasteiger partial charge is 0.379 e. The van der Waals surface area contributed by atoms with E-state index in [1.807, 2.05) is 19.1 Å². The molecule has 1 aromatic carbocycles. The Balaban J connectivity index is 1.72. The smallest absolute Gasteiger partial charge is 0.224 e. The van der Waals surface area contributed by atoms with Gasteiger partial charge in [0.2, 0.25) is 5.91 Å². The molecule has 1 aliphatic rings. The summed E-state index contributed by atoms with van der Waals surface area (Å²) >= 11 is 1.74. The number of aryl methyl sites for hydroxylation is 3. The molecule has 2 aromatic rings.